The van der Waals surface area contributed by atoms with Gasteiger partial charge in [0.1, 0.15) is 12.0 Å². The van der Waals surface area contributed by atoms with Crippen LogP contribution in [0.4, 0.5) is 0 Å². The summed E-state index contributed by atoms with van der Waals surface area (Å²) in [6, 6.07) is 1.76. The van der Waals surface area contributed by atoms with Gasteiger partial charge in [-0.25, -0.2) is 0 Å². The maximum Gasteiger partial charge on any atom is 0.256 e. The number of carbonyl (C=O) groups excluding carboxylic acids is 1. The summed E-state index contributed by atoms with van der Waals surface area (Å²) in [6.45, 7) is 4.65. The highest BCUT2D eigenvalue weighted by Crippen LogP contribution is 2.10. The van der Waals surface area contributed by atoms with Crippen LogP contribution in [0.25, 0.3) is 0 Å². The topological polar surface area (TPSA) is 33.5 Å². The number of hydrogen-bond acceptors (Lipinski definition) is 2. The van der Waals surface area contributed by atoms with Gasteiger partial charge in [0.25, 0.3) is 5.91 Å². The second-order valence-electron chi connectivity index (χ2n) is 3.74. The lowest BCUT2D eigenvalue weighted by molar-refractivity contribution is 0.0793. The summed E-state index contributed by atoms with van der Waals surface area (Å²) >= 11 is 3.46. The standard InChI is InChI=1S/C11H16BrNO2/c1-8(12)4-5-13(3)11(14)10-6-9(2)15-7-10/h6-8H,4-5H2,1-3H3. The van der Waals surface area contributed by atoms with Gasteiger partial charge >= 0.3 is 0 Å². The van der Waals surface area contributed by atoms with Crippen LogP contribution in [0, 0.1) is 6.92 Å². The predicted octanol–water partition coefficient (Wildman–Crippen LogP) is 2.83. The Morgan fingerprint density at radius 1 is 1.67 bits per heavy atom. The highest BCUT2D eigenvalue weighted by molar-refractivity contribution is 9.09. The molecule has 4 heteroatoms. The molecular weight excluding hydrogens is 258 g/mol. The van der Waals surface area contributed by atoms with Gasteiger partial charge in [0, 0.05) is 18.4 Å². The first-order valence-corrected chi connectivity index (χ1v) is 5.87. The summed E-state index contributed by atoms with van der Waals surface area (Å²) < 4.78 is 5.10. The molecule has 0 fully saturated rings. The lowest BCUT2D eigenvalue weighted by Crippen LogP contribution is -2.28. The number of hydrogen-bond donors (Lipinski definition) is 0. The van der Waals surface area contributed by atoms with Gasteiger partial charge < -0.3 is 9.32 Å². The molecule has 3 nitrogen and oxygen atoms in total. The summed E-state index contributed by atoms with van der Waals surface area (Å²) in [5.74, 6) is 0.778. The molecular formula is C11H16BrNO2. The van der Waals surface area contributed by atoms with Gasteiger partial charge in [-0.3, -0.25) is 4.79 Å². The number of aryl methyl sites for hydroxylation is 1. The van der Waals surface area contributed by atoms with E-state index in [4.69, 9.17) is 4.42 Å². The number of carbonyl (C=O) groups is 1. The molecule has 0 N–H and O–H groups in total. The molecule has 0 aliphatic rings. The van der Waals surface area contributed by atoms with Crippen molar-refractivity contribution in [1.82, 2.24) is 4.90 Å². The summed E-state index contributed by atoms with van der Waals surface area (Å²) in [4.78, 5) is 14.0. The van der Waals surface area contributed by atoms with Crippen LogP contribution in [-0.2, 0) is 0 Å². The minimum absolute atomic E-state index is 0.0139. The summed E-state index contributed by atoms with van der Waals surface area (Å²) in [7, 11) is 1.81. The van der Waals surface area contributed by atoms with Crippen molar-refractivity contribution in [3.8, 4) is 0 Å². The Bertz CT molecular complexity index is 333. The largest absolute Gasteiger partial charge is 0.469 e. The van der Waals surface area contributed by atoms with Crippen molar-refractivity contribution in [2.75, 3.05) is 13.6 Å². The molecule has 1 rings (SSSR count). The summed E-state index contributed by atoms with van der Waals surface area (Å²) in [5.41, 5.74) is 0.622. The first-order valence-electron chi connectivity index (χ1n) is 4.95. The van der Waals surface area contributed by atoms with E-state index in [2.05, 4.69) is 22.9 Å². The third kappa shape index (κ3) is 3.70. The fraction of sp³-hybridized carbons (Fsp3) is 0.545. The second kappa shape index (κ2) is 5.35. The molecule has 15 heavy (non-hydrogen) atoms. The van der Waals surface area contributed by atoms with E-state index in [0.717, 1.165) is 18.7 Å². The van der Waals surface area contributed by atoms with Crippen molar-refractivity contribution >= 4 is 21.8 Å². The molecule has 1 heterocycles. The molecule has 0 bridgehead atoms. The van der Waals surface area contributed by atoms with Crippen LogP contribution < -0.4 is 0 Å². The van der Waals surface area contributed by atoms with Gasteiger partial charge in [-0.15, -0.1) is 0 Å². The monoisotopic (exact) mass is 273 g/mol. The van der Waals surface area contributed by atoms with Gasteiger partial charge in [-0.05, 0) is 19.4 Å². The fourth-order valence-electron chi connectivity index (χ4n) is 1.25. The smallest absolute Gasteiger partial charge is 0.256 e. The minimum atomic E-state index is 0.0139. The Labute approximate surface area is 98.6 Å². The van der Waals surface area contributed by atoms with E-state index in [1.807, 2.05) is 6.92 Å². The van der Waals surface area contributed by atoms with Crippen LogP contribution in [-0.4, -0.2) is 29.2 Å². The third-order valence-electron chi connectivity index (χ3n) is 2.19. The first-order chi connectivity index (χ1) is 7.00. The van der Waals surface area contributed by atoms with Crippen molar-refractivity contribution in [2.45, 2.75) is 25.1 Å². The molecule has 0 aliphatic heterocycles. The molecule has 1 unspecified atom stereocenters. The van der Waals surface area contributed by atoms with E-state index in [1.165, 1.54) is 6.26 Å². The second-order valence-corrected chi connectivity index (χ2v) is 5.31. The highest BCUT2D eigenvalue weighted by atomic mass is 79.9. The van der Waals surface area contributed by atoms with E-state index >= 15 is 0 Å². The lowest BCUT2D eigenvalue weighted by atomic mass is 10.2. The molecule has 84 valence electrons. The van der Waals surface area contributed by atoms with Gasteiger partial charge in [-0.2, -0.15) is 0 Å². The quantitative estimate of drug-likeness (QED) is 0.791. The Morgan fingerprint density at radius 2 is 2.33 bits per heavy atom. The van der Waals surface area contributed by atoms with Gasteiger partial charge in [-0.1, -0.05) is 22.9 Å². The van der Waals surface area contributed by atoms with E-state index in [0.29, 0.717) is 10.4 Å². The zero-order valence-corrected chi connectivity index (χ0v) is 10.9. The summed E-state index contributed by atoms with van der Waals surface area (Å²) in [5, 5.41) is 0. The van der Waals surface area contributed by atoms with Crippen molar-refractivity contribution in [1.29, 1.82) is 0 Å². The molecule has 1 aromatic rings. The van der Waals surface area contributed by atoms with E-state index in [-0.39, 0.29) is 5.91 Å². The number of amides is 1. The average Bonchev–Trinajstić information content (AvgIpc) is 2.60. The maximum atomic E-state index is 11.8. The molecule has 0 saturated carbocycles. The van der Waals surface area contributed by atoms with E-state index in [9.17, 15) is 4.79 Å². The van der Waals surface area contributed by atoms with Crippen molar-refractivity contribution in [3.05, 3.63) is 23.7 Å². The number of rotatable bonds is 4. The molecule has 0 aliphatic carbocycles. The number of nitrogens with zero attached hydrogens (tertiary/aromatic N) is 1. The van der Waals surface area contributed by atoms with Crippen molar-refractivity contribution < 1.29 is 9.21 Å². The Morgan fingerprint density at radius 3 is 2.80 bits per heavy atom. The van der Waals surface area contributed by atoms with Gasteiger partial charge in [0.05, 0.1) is 5.56 Å². The van der Waals surface area contributed by atoms with Crippen LogP contribution in [0.5, 0.6) is 0 Å². The van der Waals surface area contributed by atoms with Gasteiger partial charge in [0.2, 0.25) is 0 Å². The van der Waals surface area contributed by atoms with Crippen LogP contribution in [0.3, 0.4) is 0 Å². The Kier molecular flexibility index (Phi) is 4.39. The molecule has 0 spiro atoms. The van der Waals surface area contributed by atoms with Gasteiger partial charge in [0.15, 0.2) is 0 Å². The highest BCUT2D eigenvalue weighted by Gasteiger charge is 2.13. The first kappa shape index (κ1) is 12.3. The molecule has 1 amide bonds. The molecule has 1 aromatic heterocycles. The summed E-state index contributed by atoms with van der Waals surface area (Å²) in [6.07, 6.45) is 2.45. The molecule has 0 aromatic carbocycles. The molecule has 0 radical (unpaired) electrons. The van der Waals surface area contributed by atoms with Crippen molar-refractivity contribution in [2.24, 2.45) is 0 Å². The maximum absolute atomic E-state index is 11.8. The third-order valence-corrected chi connectivity index (χ3v) is 2.64. The predicted molar refractivity (Wildman–Crippen MR) is 63.4 cm³/mol. The number of halogens is 1. The average molecular weight is 274 g/mol. The van der Waals surface area contributed by atoms with Crippen LogP contribution in [0.1, 0.15) is 29.5 Å². The lowest BCUT2D eigenvalue weighted by Gasteiger charge is -2.16. The number of furan rings is 1. The minimum Gasteiger partial charge on any atom is -0.469 e. The van der Waals surface area contributed by atoms with E-state index < -0.39 is 0 Å². The van der Waals surface area contributed by atoms with Crippen LogP contribution in [0.15, 0.2) is 16.7 Å². The normalized spacial score (nSPS) is 12.5. The molecule has 1 atom stereocenters. The van der Waals surface area contributed by atoms with Crippen LogP contribution >= 0.6 is 15.9 Å². The Balaban J connectivity index is 2.53. The number of alkyl halides is 1. The van der Waals surface area contributed by atoms with Crippen molar-refractivity contribution in [3.63, 3.8) is 0 Å². The zero-order valence-electron chi connectivity index (χ0n) is 9.29. The Hall–Kier alpha value is -0.770. The van der Waals surface area contributed by atoms with Crippen LogP contribution in [0.2, 0.25) is 0 Å². The van der Waals surface area contributed by atoms with E-state index in [1.54, 1.807) is 18.0 Å². The SMILES string of the molecule is Cc1cc(C(=O)N(C)CCC(C)Br)co1. The molecule has 0 saturated heterocycles. The fourth-order valence-corrected chi connectivity index (χ4v) is 1.45. The zero-order chi connectivity index (χ0) is 11.4.